The summed E-state index contributed by atoms with van der Waals surface area (Å²) in [5.74, 6) is 0.833. The van der Waals surface area contributed by atoms with Crippen LogP contribution in [-0.4, -0.2) is 29.9 Å². The molecule has 2 atom stereocenters. The van der Waals surface area contributed by atoms with Gasteiger partial charge in [0.05, 0.1) is 0 Å². The Labute approximate surface area is 174 Å². The maximum absolute atomic E-state index is 13.4. The fourth-order valence-corrected chi connectivity index (χ4v) is 4.41. The smallest absolute Gasteiger partial charge is 0.245 e. The summed E-state index contributed by atoms with van der Waals surface area (Å²) in [6.07, 6.45) is 0.969. The second-order valence-electron chi connectivity index (χ2n) is 8.87. The maximum atomic E-state index is 13.4. The van der Waals surface area contributed by atoms with Crippen molar-refractivity contribution in [2.75, 3.05) is 18.4 Å². The number of nitrogens with one attached hydrogen (secondary N) is 1. The third-order valence-electron chi connectivity index (χ3n) is 5.84. The number of piperidine rings is 1. The summed E-state index contributed by atoms with van der Waals surface area (Å²) in [7, 11) is 0. The molecule has 1 N–H and O–H groups in total. The summed E-state index contributed by atoms with van der Waals surface area (Å²) in [4.78, 5) is 15.4. The van der Waals surface area contributed by atoms with Crippen LogP contribution in [0.4, 0.5) is 5.69 Å². The molecular weight excluding hydrogens is 368 g/mol. The molecule has 0 saturated carbocycles. The molecule has 2 aromatic carbocycles. The van der Waals surface area contributed by atoms with E-state index in [4.69, 9.17) is 11.6 Å². The first-order valence-electron chi connectivity index (χ1n) is 10.1. The number of amides is 1. The zero-order valence-electron chi connectivity index (χ0n) is 17.3. The van der Waals surface area contributed by atoms with Gasteiger partial charge in [-0.15, -0.1) is 0 Å². The summed E-state index contributed by atoms with van der Waals surface area (Å²) in [6.45, 7) is 10.3. The lowest BCUT2D eigenvalue weighted by Gasteiger charge is -2.46. The third-order valence-corrected chi connectivity index (χ3v) is 6.09. The highest BCUT2D eigenvalue weighted by Crippen LogP contribution is 2.42. The Morgan fingerprint density at radius 2 is 1.75 bits per heavy atom. The number of hydrogen-bond donors (Lipinski definition) is 1. The van der Waals surface area contributed by atoms with Crippen LogP contribution in [0.15, 0.2) is 54.6 Å². The van der Waals surface area contributed by atoms with Gasteiger partial charge >= 0.3 is 0 Å². The minimum Gasteiger partial charge on any atom is -0.373 e. The highest BCUT2D eigenvalue weighted by Gasteiger charge is 2.40. The minimum absolute atomic E-state index is 0.00994. The van der Waals surface area contributed by atoms with Crippen LogP contribution in [0.1, 0.15) is 45.6 Å². The molecule has 1 saturated heterocycles. The van der Waals surface area contributed by atoms with Gasteiger partial charge in [-0.25, -0.2) is 0 Å². The topological polar surface area (TPSA) is 32.3 Å². The number of anilines is 1. The van der Waals surface area contributed by atoms with Gasteiger partial charge in [-0.3, -0.25) is 4.79 Å². The van der Waals surface area contributed by atoms with Crippen LogP contribution >= 0.6 is 11.6 Å². The molecule has 1 heterocycles. The number of hydrogen-bond acceptors (Lipinski definition) is 2. The van der Waals surface area contributed by atoms with Crippen LogP contribution in [0.2, 0.25) is 5.02 Å². The van der Waals surface area contributed by atoms with Gasteiger partial charge in [-0.05, 0) is 53.5 Å². The molecule has 2 aromatic rings. The lowest BCUT2D eigenvalue weighted by atomic mass is 9.70. The van der Waals surface area contributed by atoms with Crippen LogP contribution in [0, 0.1) is 11.3 Å². The van der Waals surface area contributed by atoms with Crippen molar-refractivity contribution < 1.29 is 4.79 Å². The number of rotatable bonds is 5. The maximum Gasteiger partial charge on any atom is 0.245 e. The van der Waals surface area contributed by atoms with E-state index < -0.39 is 0 Å². The zero-order chi connectivity index (χ0) is 20.3. The Morgan fingerprint density at radius 1 is 1.11 bits per heavy atom. The Balaban J connectivity index is 1.73. The second kappa shape index (κ2) is 8.57. The average molecular weight is 399 g/mol. The van der Waals surface area contributed by atoms with E-state index in [-0.39, 0.29) is 23.3 Å². The molecule has 1 aliphatic heterocycles. The number of para-hydroxylation sites is 1. The third kappa shape index (κ3) is 4.70. The van der Waals surface area contributed by atoms with Gasteiger partial charge in [0.1, 0.15) is 6.04 Å². The van der Waals surface area contributed by atoms with Gasteiger partial charge in [-0.2, -0.15) is 0 Å². The molecule has 1 aliphatic rings. The molecule has 2 unspecified atom stereocenters. The van der Waals surface area contributed by atoms with Gasteiger partial charge in [0.2, 0.25) is 5.91 Å². The predicted molar refractivity (Wildman–Crippen MR) is 118 cm³/mol. The fraction of sp³-hybridized carbons (Fsp3) is 0.458. The lowest BCUT2D eigenvalue weighted by molar-refractivity contribution is -0.136. The Kier molecular flexibility index (Phi) is 6.34. The van der Waals surface area contributed by atoms with Gasteiger partial charge < -0.3 is 10.2 Å². The molecule has 28 heavy (non-hydrogen) atoms. The highest BCUT2D eigenvalue weighted by atomic mass is 35.5. The van der Waals surface area contributed by atoms with Crippen molar-refractivity contribution >= 4 is 23.2 Å². The number of carbonyl (C=O) groups is 1. The summed E-state index contributed by atoms with van der Waals surface area (Å²) in [5, 5.41) is 4.21. The monoisotopic (exact) mass is 398 g/mol. The molecule has 150 valence electrons. The molecule has 3 nitrogen and oxygen atoms in total. The van der Waals surface area contributed by atoms with Crippen LogP contribution in [0.25, 0.3) is 0 Å². The highest BCUT2D eigenvalue weighted by molar-refractivity contribution is 6.30. The van der Waals surface area contributed by atoms with Crippen LogP contribution < -0.4 is 5.32 Å². The summed E-state index contributed by atoms with van der Waals surface area (Å²) in [6, 6.07) is 18.0. The van der Waals surface area contributed by atoms with Crippen molar-refractivity contribution in [1.82, 2.24) is 4.90 Å². The van der Waals surface area contributed by atoms with E-state index in [0.29, 0.717) is 5.92 Å². The summed E-state index contributed by atoms with van der Waals surface area (Å²) < 4.78 is 0. The normalized spacial score (nSPS) is 20.1. The molecule has 4 heteroatoms. The number of likely N-dealkylation sites (tertiary alicyclic amines) is 1. The molecule has 0 aromatic heterocycles. The largest absolute Gasteiger partial charge is 0.373 e. The first-order valence-corrected chi connectivity index (χ1v) is 10.5. The predicted octanol–water partition coefficient (Wildman–Crippen LogP) is 5.82. The van der Waals surface area contributed by atoms with Crippen molar-refractivity contribution in [2.45, 2.75) is 46.1 Å². The average Bonchev–Trinajstić information content (AvgIpc) is 2.66. The van der Waals surface area contributed by atoms with E-state index in [2.05, 4.69) is 45.1 Å². The van der Waals surface area contributed by atoms with Crippen LogP contribution in [0.5, 0.6) is 0 Å². The van der Waals surface area contributed by atoms with Crippen molar-refractivity contribution in [3.05, 3.63) is 65.2 Å². The first-order chi connectivity index (χ1) is 13.3. The van der Waals surface area contributed by atoms with Crippen molar-refractivity contribution in [1.29, 1.82) is 0 Å². The van der Waals surface area contributed by atoms with Gasteiger partial charge in [0.25, 0.3) is 0 Å². The van der Waals surface area contributed by atoms with Crippen LogP contribution in [-0.2, 0) is 4.79 Å². The van der Waals surface area contributed by atoms with Crippen LogP contribution in [0.3, 0.4) is 0 Å². The molecule has 0 radical (unpaired) electrons. The lowest BCUT2D eigenvalue weighted by Crippen LogP contribution is -2.53. The van der Waals surface area contributed by atoms with E-state index in [1.54, 1.807) is 0 Å². The van der Waals surface area contributed by atoms with E-state index in [0.717, 1.165) is 30.2 Å². The number of benzene rings is 2. The molecule has 1 amide bonds. The number of nitrogens with zero attached hydrogens (tertiary/aromatic N) is 1. The molecule has 3 rings (SSSR count). The number of carbonyl (C=O) groups excluding carboxylic acids is 1. The van der Waals surface area contributed by atoms with Crippen molar-refractivity contribution in [3.8, 4) is 0 Å². The summed E-state index contributed by atoms with van der Waals surface area (Å²) in [5.41, 5.74) is 2.31. The van der Waals surface area contributed by atoms with Gasteiger partial charge in [0, 0.05) is 23.8 Å². The van der Waals surface area contributed by atoms with E-state index in [9.17, 15) is 4.79 Å². The minimum atomic E-state index is -0.217. The second-order valence-corrected chi connectivity index (χ2v) is 9.31. The van der Waals surface area contributed by atoms with E-state index >= 15 is 0 Å². The molecule has 0 spiro atoms. The Hall–Kier alpha value is -2.00. The fourth-order valence-electron chi connectivity index (χ4n) is 4.28. The molecular formula is C24H31ClN2O. The van der Waals surface area contributed by atoms with Gasteiger partial charge in [-0.1, -0.05) is 69.6 Å². The Bertz CT molecular complexity index is 786. The van der Waals surface area contributed by atoms with Crippen molar-refractivity contribution in [2.24, 2.45) is 11.3 Å². The number of halogens is 1. The SMILES string of the molecule is CC(C)C(Nc1ccccc1)C(=O)N1CCC(c2ccc(Cl)cc2)C(C)(C)C1. The van der Waals surface area contributed by atoms with Crippen molar-refractivity contribution in [3.63, 3.8) is 0 Å². The first kappa shape index (κ1) is 20.7. The molecule has 0 aliphatic carbocycles. The van der Waals surface area contributed by atoms with E-state index in [1.807, 2.05) is 47.4 Å². The standard InChI is InChI=1S/C24H31ClN2O/c1-17(2)22(26-20-8-6-5-7-9-20)23(28)27-15-14-21(24(3,4)16-27)18-10-12-19(25)13-11-18/h5-13,17,21-22,26H,14-16H2,1-4H3. The molecule has 1 fully saturated rings. The summed E-state index contributed by atoms with van der Waals surface area (Å²) >= 11 is 6.06. The van der Waals surface area contributed by atoms with E-state index in [1.165, 1.54) is 5.56 Å². The zero-order valence-corrected chi connectivity index (χ0v) is 18.0. The quantitative estimate of drug-likeness (QED) is 0.688. The van der Waals surface area contributed by atoms with Gasteiger partial charge in [0.15, 0.2) is 0 Å². The Morgan fingerprint density at radius 3 is 2.32 bits per heavy atom. The molecule has 0 bridgehead atoms.